The second-order valence-corrected chi connectivity index (χ2v) is 4.48. The van der Waals surface area contributed by atoms with E-state index in [0.717, 1.165) is 11.1 Å². The van der Waals surface area contributed by atoms with Crippen LogP contribution in [0.2, 0.25) is 0 Å². The minimum Gasteiger partial charge on any atom is -0.323 e. The number of hydrogen-bond acceptors (Lipinski definition) is 3. The van der Waals surface area contributed by atoms with Gasteiger partial charge in [0, 0.05) is 6.20 Å². The molecule has 4 heteroatoms. The second-order valence-electron chi connectivity index (χ2n) is 4.48. The fraction of sp³-hybridized carbons (Fsp3) is 0.200. The lowest BCUT2D eigenvalue weighted by Gasteiger charge is -2.13. The van der Waals surface area contributed by atoms with Gasteiger partial charge in [0.25, 0.3) is 0 Å². The Morgan fingerprint density at radius 3 is 2.74 bits per heavy atom. The van der Waals surface area contributed by atoms with E-state index in [0.29, 0.717) is 12.1 Å². The Kier molecular flexibility index (Phi) is 4.26. The van der Waals surface area contributed by atoms with Crippen LogP contribution in [0.1, 0.15) is 11.1 Å². The molecule has 0 fully saturated rings. The summed E-state index contributed by atoms with van der Waals surface area (Å²) in [6, 6.07) is 11.0. The first-order chi connectivity index (χ1) is 9.16. The van der Waals surface area contributed by atoms with E-state index in [1.807, 2.05) is 43.3 Å². The zero-order valence-corrected chi connectivity index (χ0v) is 10.8. The van der Waals surface area contributed by atoms with Gasteiger partial charge in [-0.1, -0.05) is 30.3 Å². The third-order valence-electron chi connectivity index (χ3n) is 2.93. The number of amides is 1. The van der Waals surface area contributed by atoms with Gasteiger partial charge in [-0.3, -0.25) is 9.78 Å². The van der Waals surface area contributed by atoms with Crippen molar-refractivity contribution in [2.75, 3.05) is 5.32 Å². The van der Waals surface area contributed by atoms with Gasteiger partial charge in [-0.25, -0.2) is 0 Å². The maximum atomic E-state index is 12.0. The van der Waals surface area contributed by atoms with E-state index in [9.17, 15) is 4.79 Å². The van der Waals surface area contributed by atoms with Crippen LogP contribution in [0.3, 0.4) is 0 Å². The molecule has 0 radical (unpaired) electrons. The molecule has 0 aliphatic heterocycles. The van der Waals surface area contributed by atoms with E-state index in [-0.39, 0.29) is 5.91 Å². The molecular weight excluding hydrogens is 238 g/mol. The van der Waals surface area contributed by atoms with Crippen LogP contribution in [-0.2, 0) is 11.2 Å². The molecule has 4 nitrogen and oxygen atoms in total. The molecule has 1 aromatic heterocycles. The topological polar surface area (TPSA) is 68.0 Å². The Morgan fingerprint density at radius 2 is 2.05 bits per heavy atom. The molecule has 0 unspecified atom stereocenters. The zero-order chi connectivity index (χ0) is 13.7. The second kappa shape index (κ2) is 6.11. The lowest BCUT2D eigenvalue weighted by atomic mass is 10.1. The highest BCUT2D eigenvalue weighted by Crippen LogP contribution is 2.12. The monoisotopic (exact) mass is 255 g/mol. The summed E-state index contributed by atoms with van der Waals surface area (Å²) in [5.74, 6) is -0.194. The summed E-state index contributed by atoms with van der Waals surface area (Å²) in [7, 11) is 0. The quantitative estimate of drug-likeness (QED) is 0.876. The van der Waals surface area contributed by atoms with E-state index in [4.69, 9.17) is 5.73 Å². The summed E-state index contributed by atoms with van der Waals surface area (Å²) >= 11 is 0. The number of aromatic nitrogens is 1. The molecule has 0 bridgehead atoms. The normalized spacial score (nSPS) is 11.9. The molecule has 0 spiro atoms. The van der Waals surface area contributed by atoms with E-state index >= 15 is 0 Å². The van der Waals surface area contributed by atoms with Crippen LogP contribution in [0, 0.1) is 6.92 Å². The number of hydrogen-bond donors (Lipinski definition) is 2. The first-order valence-electron chi connectivity index (χ1n) is 6.18. The van der Waals surface area contributed by atoms with Gasteiger partial charge in [0.1, 0.15) is 0 Å². The number of aryl methyl sites for hydroxylation is 1. The maximum absolute atomic E-state index is 12.0. The number of nitrogens with one attached hydrogen (secondary N) is 1. The highest BCUT2D eigenvalue weighted by Gasteiger charge is 2.14. The van der Waals surface area contributed by atoms with Crippen LogP contribution in [0.4, 0.5) is 5.69 Å². The summed E-state index contributed by atoms with van der Waals surface area (Å²) in [6.07, 6.45) is 3.84. The lowest BCUT2D eigenvalue weighted by Crippen LogP contribution is -2.37. The number of carbonyl (C=O) groups excluding carboxylic acids is 1. The third kappa shape index (κ3) is 3.63. The van der Waals surface area contributed by atoms with Crippen LogP contribution < -0.4 is 11.1 Å². The Morgan fingerprint density at radius 1 is 1.32 bits per heavy atom. The zero-order valence-electron chi connectivity index (χ0n) is 10.8. The van der Waals surface area contributed by atoms with Crippen LogP contribution in [-0.4, -0.2) is 16.9 Å². The number of nitrogens with zero attached hydrogens (tertiary/aromatic N) is 1. The average molecular weight is 255 g/mol. The number of benzene rings is 1. The summed E-state index contributed by atoms with van der Waals surface area (Å²) in [6.45, 7) is 1.92. The van der Waals surface area contributed by atoms with Gasteiger partial charge >= 0.3 is 0 Å². The van der Waals surface area contributed by atoms with Crippen molar-refractivity contribution in [2.45, 2.75) is 19.4 Å². The standard InChI is InChI=1S/C15H17N3O/c1-11-7-8-17-10-14(11)18-15(19)13(16)9-12-5-3-2-4-6-12/h2-8,10,13H,9,16H2,1H3,(H,18,19)/t13-/m0/s1. The van der Waals surface area contributed by atoms with Crippen molar-refractivity contribution >= 4 is 11.6 Å². The first-order valence-corrected chi connectivity index (χ1v) is 6.18. The molecule has 0 saturated carbocycles. The molecule has 19 heavy (non-hydrogen) atoms. The third-order valence-corrected chi connectivity index (χ3v) is 2.93. The molecule has 98 valence electrons. The molecule has 2 aromatic rings. The van der Waals surface area contributed by atoms with Crippen LogP contribution in [0.5, 0.6) is 0 Å². The minimum atomic E-state index is -0.568. The highest BCUT2D eigenvalue weighted by atomic mass is 16.2. The summed E-state index contributed by atoms with van der Waals surface area (Å²) in [5.41, 5.74) is 8.64. The van der Waals surface area contributed by atoms with Gasteiger partial charge < -0.3 is 11.1 Å². The minimum absolute atomic E-state index is 0.194. The number of rotatable bonds is 4. The predicted molar refractivity (Wildman–Crippen MR) is 75.7 cm³/mol. The summed E-state index contributed by atoms with van der Waals surface area (Å²) < 4.78 is 0. The highest BCUT2D eigenvalue weighted by molar-refractivity contribution is 5.95. The fourth-order valence-electron chi connectivity index (χ4n) is 1.78. The molecular formula is C15H17N3O. The SMILES string of the molecule is Cc1ccncc1NC(=O)[C@@H](N)Cc1ccccc1. The van der Waals surface area contributed by atoms with Gasteiger partial charge in [0.15, 0.2) is 0 Å². The molecule has 2 rings (SSSR count). The summed E-state index contributed by atoms with van der Waals surface area (Å²) in [5, 5.41) is 2.80. The lowest BCUT2D eigenvalue weighted by molar-refractivity contribution is -0.117. The van der Waals surface area contributed by atoms with Gasteiger partial charge in [0.05, 0.1) is 17.9 Å². The molecule has 0 aliphatic carbocycles. The van der Waals surface area contributed by atoms with Gasteiger partial charge in [-0.15, -0.1) is 0 Å². The fourth-order valence-corrected chi connectivity index (χ4v) is 1.78. The molecule has 1 aromatic carbocycles. The molecule has 3 N–H and O–H groups in total. The van der Waals surface area contributed by atoms with Crippen LogP contribution >= 0.6 is 0 Å². The smallest absolute Gasteiger partial charge is 0.241 e. The summed E-state index contributed by atoms with van der Waals surface area (Å²) in [4.78, 5) is 16.0. The number of anilines is 1. The van der Waals surface area contributed by atoms with Gasteiger partial charge in [-0.05, 0) is 30.5 Å². The van der Waals surface area contributed by atoms with E-state index in [1.54, 1.807) is 12.4 Å². The number of pyridine rings is 1. The first kappa shape index (κ1) is 13.2. The Balaban J connectivity index is 1.99. The number of carbonyl (C=O) groups is 1. The molecule has 1 atom stereocenters. The van der Waals surface area contributed by atoms with Crippen molar-refractivity contribution in [3.05, 3.63) is 59.9 Å². The van der Waals surface area contributed by atoms with E-state index in [2.05, 4.69) is 10.3 Å². The van der Waals surface area contributed by atoms with Crippen molar-refractivity contribution < 1.29 is 4.79 Å². The molecule has 0 aliphatic rings. The number of nitrogens with two attached hydrogens (primary N) is 1. The average Bonchev–Trinajstić information content (AvgIpc) is 2.42. The maximum Gasteiger partial charge on any atom is 0.241 e. The van der Waals surface area contributed by atoms with Gasteiger partial charge in [0.2, 0.25) is 5.91 Å². The van der Waals surface area contributed by atoms with Crippen LogP contribution in [0.25, 0.3) is 0 Å². The van der Waals surface area contributed by atoms with Crippen molar-refractivity contribution in [2.24, 2.45) is 5.73 Å². The Labute approximate surface area is 112 Å². The van der Waals surface area contributed by atoms with Crippen LogP contribution in [0.15, 0.2) is 48.8 Å². The predicted octanol–water partition coefficient (Wildman–Crippen LogP) is 1.90. The Bertz CT molecular complexity index is 554. The van der Waals surface area contributed by atoms with Crippen molar-refractivity contribution in [3.8, 4) is 0 Å². The Hall–Kier alpha value is -2.20. The largest absolute Gasteiger partial charge is 0.323 e. The van der Waals surface area contributed by atoms with Crippen molar-refractivity contribution in [1.29, 1.82) is 0 Å². The van der Waals surface area contributed by atoms with E-state index < -0.39 is 6.04 Å². The van der Waals surface area contributed by atoms with Crippen molar-refractivity contribution in [3.63, 3.8) is 0 Å². The van der Waals surface area contributed by atoms with E-state index in [1.165, 1.54) is 0 Å². The molecule has 1 amide bonds. The molecule has 0 saturated heterocycles. The molecule has 1 heterocycles. The van der Waals surface area contributed by atoms with Gasteiger partial charge in [-0.2, -0.15) is 0 Å². The van der Waals surface area contributed by atoms with Crippen molar-refractivity contribution in [1.82, 2.24) is 4.98 Å².